The van der Waals surface area contributed by atoms with Crippen molar-refractivity contribution < 1.29 is 14.7 Å². The summed E-state index contributed by atoms with van der Waals surface area (Å²) in [4.78, 5) is 25.0. The summed E-state index contributed by atoms with van der Waals surface area (Å²) in [6, 6.07) is 6.47. The van der Waals surface area contributed by atoms with Crippen LogP contribution in [0.4, 0.5) is 0 Å². The molecule has 4 heteroatoms. The van der Waals surface area contributed by atoms with Gasteiger partial charge in [0, 0.05) is 18.7 Å². The third-order valence-electron chi connectivity index (χ3n) is 4.07. The quantitative estimate of drug-likeness (QED) is 0.862. The van der Waals surface area contributed by atoms with Gasteiger partial charge in [0.05, 0.1) is 5.56 Å². The molecule has 0 aromatic heterocycles. The molecule has 0 radical (unpaired) electrons. The Labute approximate surface area is 119 Å². The smallest absolute Gasteiger partial charge is 0.335 e. The van der Waals surface area contributed by atoms with E-state index in [-0.39, 0.29) is 11.5 Å². The van der Waals surface area contributed by atoms with Gasteiger partial charge in [0.2, 0.25) is 0 Å². The highest BCUT2D eigenvalue weighted by molar-refractivity contribution is 5.95. The topological polar surface area (TPSA) is 57.6 Å². The Hall–Kier alpha value is -1.84. The van der Waals surface area contributed by atoms with Crippen LogP contribution in [-0.2, 0) is 0 Å². The number of carboxylic acids is 1. The largest absolute Gasteiger partial charge is 0.478 e. The van der Waals surface area contributed by atoms with E-state index in [1.165, 1.54) is 37.8 Å². The van der Waals surface area contributed by atoms with Crippen molar-refractivity contribution in [2.75, 3.05) is 7.05 Å². The minimum absolute atomic E-state index is 0.0196. The van der Waals surface area contributed by atoms with Gasteiger partial charge in [-0.15, -0.1) is 0 Å². The lowest BCUT2D eigenvalue weighted by Gasteiger charge is -2.27. The van der Waals surface area contributed by atoms with Crippen LogP contribution in [0, 0.1) is 0 Å². The molecule has 1 fully saturated rings. The molecular weight excluding hydrogens is 254 g/mol. The van der Waals surface area contributed by atoms with Crippen molar-refractivity contribution in [1.29, 1.82) is 0 Å². The van der Waals surface area contributed by atoms with Crippen molar-refractivity contribution in [2.45, 2.75) is 44.6 Å². The fraction of sp³-hybridized carbons (Fsp3) is 0.500. The second kappa shape index (κ2) is 6.55. The number of amides is 1. The Bertz CT molecular complexity index is 473. The minimum atomic E-state index is -0.971. The van der Waals surface area contributed by atoms with E-state index in [1.54, 1.807) is 12.1 Å². The SMILES string of the molecule is CN(C(=O)c1ccc(C(=O)O)cc1)C1CCCCCC1. The summed E-state index contributed by atoms with van der Waals surface area (Å²) in [5.74, 6) is -0.991. The number of hydrogen-bond donors (Lipinski definition) is 1. The van der Waals surface area contributed by atoms with Gasteiger partial charge in [-0.25, -0.2) is 4.79 Å². The molecule has 20 heavy (non-hydrogen) atoms. The van der Waals surface area contributed by atoms with Crippen LogP contribution in [0.2, 0.25) is 0 Å². The third-order valence-corrected chi connectivity index (χ3v) is 4.07. The molecule has 0 saturated heterocycles. The summed E-state index contributed by atoms with van der Waals surface area (Å²) >= 11 is 0. The van der Waals surface area contributed by atoms with Gasteiger partial charge in [0.15, 0.2) is 0 Å². The van der Waals surface area contributed by atoms with Gasteiger partial charge in [-0.2, -0.15) is 0 Å². The maximum absolute atomic E-state index is 12.4. The van der Waals surface area contributed by atoms with Crippen LogP contribution < -0.4 is 0 Å². The number of rotatable bonds is 3. The van der Waals surface area contributed by atoms with E-state index < -0.39 is 5.97 Å². The first-order chi connectivity index (χ1) is 9.59. The van der Waals surface area contributed by atoms with Crippen LogP contribution >= 0.6 is 0 Å². The average molecular weight is 275 g/mol. The maximum Gasteiger partial charge on any atom is 0.335 e. The molecule has 1 aromatic carbocycles. The molecule has 1 N–H and O–H groups in total. The van der Waals surface area contributed by atoms with Crippen molar-refractivity contribution >= 4 is 11.9 Å². The monoisotopic (exact) mass is 275 g/mol. The predicted molar refractivity (Wildman–Crippen MR) is 77.0 cm³/mol. The van der Waals surface area contributed by atoms with E-state index in [2.05, 4.69) is 0 Å². The van der Waals surface area contributed by atoms with E-state index >= 15 is 0 Å². The highest BCUT2D eigenvalue weighted by Gasteiger charge is 2.22. The minimum Gasteiger partial charge on any atom is -0.478 e. The molecule has 0 unspecified atom stereocenters. The van der Waals surface area contributed by atoms with Gasteiger partial charge in [-0.05, 0) is 37.1 Å². The first kappa shape index (κ1) is 14.6. The first-order valence-electron chi connectivity index (χ1n) is 7.20. The van der Waals surface area contributed by atoms with Crippen LogP contribution in [-0.4, -0.2) is 35.0 Å². The second-order valence-electron chi connectivity index (χ2n) is 5.44. The van der Waals surface area contributed by atoms with E-state index in [9.17, 15) is 9.59 Å². The van der Waals surface area contributed by atoms with E-state index in [4.69, 9.17) is 5.11 Å². The van der Waals surface area contributed by atoms with Crippen LogP contribution in [0.5, 0.6) is 0 Å². The Morgan fingerprint density at radius 2 is 1.50 bits per heavy atom. The molecule has 2 rings (SSSR count). The Morgan fingerprint density at radius 3 is 2.00 bits per heavy atom. The molecule has 4 nitrogen and oxygen atoms in total. The van der Waals surface area contributed by atoms with Gasteiger partial charge >= 0.3 is 5.97 Å². The highest BCUT2D eigenvalue weighted by Crippen LogP contribution is 2.22. The van der Waals surface area contributed by atoms with Crippen LogP contribution in [0.3, 0.4) is 0 Å². The van der Waals surface area contributed by atoms with Crippen LogP contribution in [0.25, 0.3) is 0 Å². The third kappa shape index (κ3) is 3.38. The summed E-state index contributed by atoms with van der Waals surface area (Å²) in [5, 5.41) is 8.86. The summed E-state index contributed by atoms with van der Waals surface area (Å²) in [6.45, 7) is 0. The Balaban J connectivity index is 2.07. The van der Waals surface area contributed by atoms with Gasteiger partial charge in [0.25, 0.3) is 5.91 Å². The number of hydrogen-bond acceptors (Lipinski definition) is 2. The second-order valence-corrected chi connectivity index (χ2v) is 5.44. The van der Waals surface area contributed by atoms with Crippen molar-refractivity contribution in [3.05, 3.63) is 35.4 Å². The number of aromatic carboxylic acids is 1. The molecule has 0 aliphatic heterocycles. The van der Waals surface area contributed by atoms with Crippen LogP contribution in [0.1, 0.15) is 59.2 Å². The molecule has 0 heterocycles. The average Bonchev–Trinajstić information content (AvgIpc) is 2.75. The molecule has 0 spiro atoms. The number of nitrogens with zero attached hydrogens (tertiary/aromatic N) is 1. The zero-order chi connectivity index (χ0) is 14.5. The lowest BCUT2D eigenvalue weighted by molar-refractivity contribution is 0.0690. The first-order valence-corrected chi connectivity index (χ1v) is 7.20. The lowest BCUT2D eigenvalue weighted by Crippen LogP contribution is -2.36. The Morgan fingerprint density at radius 1 is 1.00 bits per heavy atom. The number of benzene rings is 1. The van der Waals surface area contributed by atoms with Crippen molar-refractivity contribution in [1.82, 2.24) is 4.90 Å². The Kier molecular flexibility index (Phi) is 4.77. The fourth-order valence-corrected chi connectivity index (χ4v) is 2.77. The standard InChI is InChI=1S/C16H21NO3/c1-17(14-6-4-2-3-5-7-14)15(18)12-8-10-13(11-9-12)16(19)20/h8-11,14H,2-7H2,1H3,(H,19,20). The summed E-state index contributed by atoms with van der Waals surface area (Å²) in [7, 11) is 1.85. The zero-order valence-corrected chi connectivity index (χ0v) is 11.8. The van der Waals surface area contributed by atoms with Gasteiger partial charge in [-0.3, -0.25) is 4.79 Å². The molecule has 108 valence electrons. The normalized spacial score (nSPS) is 16.4. The highest BCUT2D eigenvalue weighted by atomic mass is 16.4. The van der Waals surface area contributed by atoms with Crippen molar-refractivity contribution in [2.24, 2.45) is 0 Å². The number of carbonyl (C=O) groups excluding carboxylic acids is 1. The van der Waals surface area contributed by atoms with Crippen LogP contribution in [0.15, 0.2) is 24.3 Å². The van der Waals surface area contributed by atoms with E-state index in [0.29, 0.717) is 11.6 Å². The molecule has 1 amide bonds. The van der Waals surface area contributed by atoms with Gasteiger partial charge in [-0.1, -0.05) is 25.7 Å². The van der Waals surface area contributed by atoms with E-state index in [1.807, 2.05) is 11.9 Å². The zero-order valence-electron chi connectivity index (χ0n) is 11.8. The summed E-state index contributed by atoms with van der Waals surface area (Å²) in [5.41, 5.74) is 0.764. The maximum atomic E-state index is 12.4. The molecule has 1 saturated carbocycles. The van der Waals surface area contributed by atoms with Gasteiger partial charge in [0.1, 0.15) is 0 Å². The summed E-state index contributed by atoms with van der Waals surface area (Å²) in [6.07, 6.45) is 7.00. The number of carbonyl (C=O) groups is 2. The molecule has 0 bridgehead atoms. The molecule has 1 aromatic rings. The summed E-state index contributed by atoms with van der Waals surface area (Å²) < 4.78 is 0. The fourth-order valence-electron chi connectivity index (χ4n) is 2.77. The van der Waals surface area contributed by atoms with Crippen molar-refractivity contribution in [3.63, 3.8) is 0 Å². The van der Waals surface area contributed by atoms with Crippen molar-refractivity contribution in [3.8, 4) is 0 Å². The number of carboxylic acid groups (broad SMARTS) is 1. The lowest BCUT2D eigenvalue weighted by atomic mass is 10.1. The molecule has 1 aliphatic carbocycles. The predicted octanol–water partition coefficient (Wildman–Crippen LogP) is 3.18. The molecule has 1 aliphatic rings. The van der Waals surface area contributed by atoms with Gasteiger partial charge < -0.3 is 10.0 Å². The molecule has 0 atom stereocenters. The van der Waals surface area contributed by atoms with E-state index in [0.717, 1.165) is 12.8 Å². The molecular formula is C16H21NO3.